The molecule has 3 rings (SSSR count). The fourth-order valence-electron chi connectivity index (χ4n) is 3.66. The lowest BCUT2D eigenvalue weighted by Gasteiger charge is -2.41. The standard InChI is InChI=1S/C17H21ClN2O/c1-20-15(14(18)12-19-20)16(21)17(10-6-3-7-11-17)13-8-4-2-5-9-13/h2,4-5,8-9,12,16,21H,3,6-7,10-11H2,1H3. The molecule has 1 atom stereocenters. The highest BCUT2D eigenvalue weighted by Gasteiger charge is 2.43. The predicted molar refractivity (Wildman–Crippen MR) is 84.4 cm³/mol. The van der Waals surface area contributed by atoms with E-state index in [-0.39, 0.29) is 5.41 Å². The number of aliphatic hydroxyl groups is 1. The molecule has 21 heavy (non-hydrogen) atoms. The summed E-state index contributed by atoms with van der Waals surface area (Å²) in [6.45, 7) is 0. The number of nitrogens with zero attached hydrogens (tertiary/aromatic N) is 2. The molecule has 0 spiro atoms. The average molecular weight is 305 g/mol. The van der Waals surface area contributed by atoms with Crippen molar-refractivity contribution < 1.29 is 5.11 Å². The first-order valence-corrected chi connectivity index (χ1v) is 7.94. The van der Waals surface area contributed by atoms with Crippen LogP contribution in [0.2, 0.25) is 5.02 Å². The van der Waals surface area contributed by atoms with Gasteiger partial charge in [-0.15, -0.1) is 0 Å². The van der Waals surface area contributed by atoms with Crippen LogP contribution < -0.4 is 0 Å². The molecule has 1 aliphatic carbocycles. The van der Waals surface area contributed by atoms with E-state index in [1.165, 1.54) is 12.0 Å². The summed E-state index contributed by atoms with van der Waals surface area (Å²) < 4.78 is 1.70. The molecule has 2 aromatic rings. The van der Waals surface area contributed by atoms with Gasteiger partial charge in [0.15, 0.2) is 0 Å². The molecule has 1 saturated carbocycles. The van der Waals surface area contributed by atoms with Crippen molar-refractivity contribution in [1.82, 2.24) is 9.78 Å². The van der Waals surface area contributed by atoms with Crippen LogP contribution in [0.25, 0.3) is 0 Å². The zero-order valence-corrected chi connectivity index (χ0v) is 13.1. The smallest absolute Gasteiger partial charge is 0.107 e. The third-order valence-corrected chi connectivity index (χ3v) is 5.11. The van der Waals surface area contributed by atoms with Gasteiger partial charge in [0.25, 0.3) is 0 Å². The maximum atomic E-state index is 11.2. The van der Waals surface area contributed by atoms with Gasteiger partial charge in [-0.05, 0) is 18.4 Å². The Kier molecular flexibility index (Phi) is 4.05. The minimum Gasteiger partial charge on any atom is -0.386 e. The summed E-state index contributed by atoms with van der Waals surface area (Å²) in [6.07, 6.45) is 6.48. The number of hydrogen-bond acceptors (Lipinski definition) is 2. The van der Waals surface area contributed by atoms with Crippen molar-refractivity contribution in [3.63, 3.8) is 0 Å². The highest BCUT2D eigenvalue weighted by Crippen LogP contribution is 2.49. The van der Waals surface area contributed by atoms with Gasteiger partial charge in [-0.25, -0.2) is 0 Å². The monoisotopic (exact) mass is 304 g/mol. The SMILES string of the molecule is Cn1ncc(Cl)c1C(O)C1(c2ccccc2)CCCCC1. The molecule has 1 fully saturated rings. The molecule has 0 radical (unpaired) electrons. The second-order valence-electron chi connectivity index (χ2n) is 5.99. The van der Waals surface area contributed by atoms with Crippen LogP contribution in [0.5, 0.6) is 0 Å². The quantitative estimate of drug-likeness (QED) is 0.930. The molecule has 0 bridgehead atoms. The van der Waals surface area contributed by atoms with Crippen LogP contribution in [-0.2, 0) is 12.5 Å². The number of benzene rings is 1. The van der Waals surface area contributed by atoms with Crippen LogP contribution in [0.15, 0.2) is 36.5 Å². The zero-order valence-electron chi connectivity index (χ0n) is 12.3. The fraction of sp³-hybridized carbons (Fsp3) is 0.471. The number of aromatic nitrogens is 2. The molecule has 3 nitrogen and oxygen atoms in total. The Bertz CT molecular complexity index is 583. The van der Waals surface area contributed by atoms with Gasteiger partial charge in [0.1, 0.15) is 6.10 Å². The van der Waals surface area contributed by atoms with Crippen molar-refractivity contribution >= 4 is 11.6 Å². The molecule has 1 aliphatic rings. The first kappa shape index (κ1) is 14.6. The summed E-state index contributed by atoms with van der Waals surface area (Å²) in [5.41, 5.74) is 1.67. The van der Waals surface area contributed by atoms with Crippen LogP contribution in [0.3, 0.4) is 0 Å². The van der Waals surface area contributed by atoms with E-state index in [9.17, 15) is 5.11 Å². The van der Waals surface area contributed by atoms with Crippen LogP contribution in [0, 0.1) is 0 Å². The van der Waals surface area contributed by atoms with E-state index in [0.29, 0.717) is 5.02 Å². The van der Waals surface area contributed by atoms with E-state index in [0.717, 1.165) is 31.4 Å². The lowest BCUT2D eigenvalue weighted by molar-refractivity contribution is 0.0466. The number of aryl methyl sites for hydroxylation is 1. The topological polar surface area (TPSA) is 38.0 Å². The van der Waals surface area contributed by atoms with Crippen molar-refractivity contribution in [2.75, 3.05) is 0 Å². The molecular weight excluding hydrogens is 284 g/mol. The Morgan fingerprint density at radius 2 is 1.86 bits per heavy atom. The zero-order chi connectivity index (χ0) is 14.9. The average Bonchev–Trinajstić information content (AvgIpc) is 2.87. The molecule has 0 amide bonds. The van der Waals surface area contributed by atoms with Crippen LogP contribution >= 0.6 is 11.6 Å². The Balaban J connectivity index is 2.08. The van der Waals surface area contributed by atoms with Crippen molar-refractivity contribution in [1.29, 1.82) is 0 Å². The van der Waals surface area contributed by atoms with E-state index in [2.05, 4.69) is 17.2 Å². The lowest BCUT2D eigenvalue weighted by Crippen LogP contribution is -2.37. The van der Waals surface area contributed by atoms with Gasteiger partial charge in [-0.2, -0.15) is 5.10 Å². The third-order valence-electron chi connectivity index (χ3n) is 4.81. The highest BCUT2D eigenvalue weighted by molar-refractivity contribution is 6.31. The molecule has 1 aromatic heterocycles. The highest BCUT2D eigenvalue weighted by atomic mass is 35.5. The van der Waals surface area contributed by atoms with E-state index in [1.807, 2.05) is 25.2 Å². The molecule has 4 heteroatoms. The molecule has 112 valence electrons. The summed E-state index contributed by atoms with van der Waals surface area (Å²) in [4.78, 5) is 0. The summed E-state index contributed by atoms with van der Waals surface area (Å²) in [6, 6.07) is 10.4. The fourth-order valence-corrected chi connectivity index (χ4v) is 3.93. The maximum Gasteiger partial charge on any atom is 0.107 e. The summed E-state index contributed by atoms with van der Waals surface area (Å²) in [5.74, 6) is 0. The van der Waals surface area contributed by atoms with E-state index in [1.54, 1.807) is 10.9 Å². The lowest BCUT2D eigenvalue weighted by atomic mass is 9.65. The number of rotatable bonds is 3. The van der Waals surface area contributed by atoms with Crippen molar-refractivity contribution in [3.05, 3.63) is 52.8 Å². The van der Waals surface area contributed by atoms with Gasteiger partial charge in [-0.1, -0.05) is 61.2 Å². The number of halogens is 1. The van der Waals surface area contributed by atoms with Crippen molar-refractivity contribution in [2.45, 2.75) is 43.6 Å². The minimum absolute atomic E-state index is 0.253. The molecule has 1 aromatic carbocycles. The minimum atomic E-state index is -0.625. The van der Waals surface area contributed by atoms with Gasteiger partial charge < -0.3 is 5.11 Å². The Labute approximate surface area is 130 Å². The Morgan fingerprint density at radius 3 is 2.43 bits per heavy atom. The van der Waals surface area contributed by atoms with Gasteiger partial charge in [0.2, 0.25) is 0 Å². The third kappa shape index (κ3) is 2.49. The molecule has 1 heterocycles. The number of hydrogen-bond donors (Lipinski definition) is 1. The maximum absolute atomic E-state index is 11.2. The second-order valence-corrected chi connectivity index (χ2v) is 6.39. The van der Waals surface area contributed by atoms with E-state index < -0.39 is 6.10 Å². The van der Waals surface area contributed by atoms with Crippen LogP contribution in [-0.4, -0.2) is 14.9 Å². The van der Waals surface area contributed by atoms with Crippen LogP contribution in [0.1, 0.15) is 49.5 Å². The van der Waals surface area contributed by atoms with Crippen LogP contribution in [0.4, 0.5) is 0 Å². The molecule has 1 unspecified atom stereocenters. The van der Waals surface area contributed by atoms with Gasteiger partial charge in [0, 0.05) is 12.5 Å². The van der Waals surface area contributed by atoms with E-state index >= 15 is 0 Å². The largest absolute Gasteiger partial charge is 0.386 e. The molecule has 0 aliphatic heterocycles. The summed E-state index contributed by atoms with van der Waals surface area (Å²) >= 11 is 6.27. The summed E-state index contributed by atoms with van der Waals surface area (Å²) in [7, 11) is 1.84. The van der Waals surface area contributed by atoms with Gasteiger partial charge >= 0.3 is 0 Å². The Hall–Kier alpha value is -1.32. The van der Waals surface area contributed by atoms with E-state index in [4.69, 9.17) is 11.6 Å². The Morgan fingerprint density at radius 1 is 1.19 bits per heavy atom. The molecular formula is C17H21ClN2O. The van der Waals surface area contributed by atoms with Gasteiger partial charge in [0.05, 0.1) is 16.9 Å². The summed E-state index contributed by atoms with van der Waals surface area (Å²) in [5, 5.41) is 15.9. The van der Waals surface area contributed by atoms with Crippen molar-refractivity contribution in [2.24, 2.45) is 7.05 Å². The second kappa shape index (κ2) is 5.82. The first-order chi connectivity index (χ1) is 10.1. The normalized spacial score (nSPS) is 19.4. The van der Waals surface area contributed by atoms with Crippen molar-refractivity contribution in [3.8, 4) is 0 Å². The predicted octanol–water partition coefficient (Wildman–Crippen LogP) is 4.01. The molecule has 0 saturated heterocycles. The number of aliphatic hydroxyl groups excluding tert-OH is 1. The first-order valence-electron chi connectivity index (χ1n) is 7.56. The van der Waals surface area contributed by atoms with Gasteiger partial charge in [-0.3, -0.25) is 4.68 Å². The molecule has 1 N–H and O–H groups in total.